The predicted molar refractivity (Wildman–Crippen MR) is 400 cm³/mol. The van der Waals surface area contributed by atoms with Crippen molar-refractivity contribution in [1.82, 2.24) is 9.55 Å². The van der Waals surface area contributed by atoms with Crippen LogP contribution in [0.2, 0.25) is 0 Å². The number of hydrogen-bond acceptors (Lipinski definition) is 7. The minimum Gasteiger partial charge on any atom is -0.662 e. The topological polar surface area (TPSA) is 162 Å². The third-order valence-electron chi connectivity index (χ3n) is 14.3. The number of H-pyrrole nitrogens is 1. The Labute approximate surface area is 647 Å². The molecule has 8 rings (SSSR count). The molecule has 0 atom stereocenters. The molecule has 24 radical (unpaired) electrons. The maximum absolute atomic E-state index is 13.8. The van der Waals surface area contributed by atoms with Crippen molar-refractivity contribution in [2.45, 2.75) is 45.9 Å². The van der Waals surface area contributed by atoms with E-state index in [0.29, 0.717) is 39.4 Å². The zero-order chi connectivity index (χ0) is 69.7. The van der Waals surface area contributed by atoms with Crippen LogP contribution in [0, 0.1) is 13.8 Å². The third kappa shape index (κ3) is 26.4. The summed E-state index contributed by atoms with van der Waals surface area (Å²) >= 11 is 3.31. The van der Waals surface area contributed by atoms with Gasteiger partial charge in [0.25, 0.3) is 18.3 Å². The summed E-state index contributed by atoms with van der Waals surface area (Å²) in [5.41, 5.74) is 1.92. The van der Waals surface area contributed by atoms with E-state index in [4.69, 9.17) is 103 Å². The van der Waals surface area contributed by atoms with Gasteiger partial charge in [-0.1, -0.05) is 122 Å². The first kappa shape index (κ1) is 89.8. The fourth-order valence-electron chi connectivity index (χ4n) is 10.0. The molecule has 0 aliphatic carbocycles. The summed E-state index contributed by atoms with van der Waals surface area (Å²) in [6.45, 7) is 3.04. The molecular formula is C54H50B22BrCsF6N4O7S. The Balaban J connectivity index is 0.000000663. The van der Waals surface area contributed by atoms with Crippen LogP contribution < -0.4 is 84.8 Å². The van der Waals surface area contributed by atoms with Crippen molar-refractivity contribution in [2.75, 3.05) is 16.9 Å². The van der Waals surface area contributed by atoms with Crippen LogP contribution in [-0.4, -0.2) is 199 Å². The van der Waals surface area contributed by atoms with E-state index in [0.717, 1.165) is 22.9 Å². The zero-order valence-corrected chi connectivity index (χ0v) is 60.1. The number of anilines is 2. The number of nitrogens with one attached hydrogen (secondary N) is 3. The van der Waals surface area contributed by atoms with Gasteiger partial charge in [-0.05, 0) is 97.8 Å². The molecule has 450 valence electrons. The van der Waals surface area contributed by atoms with Crippen LogP contribution in [0.25, 0.3) is 28.2 Å². The number of carbonyl (C=O) groups is 3. The number of carbonyl (C=O) groups excluding carboxylic acids is 3. The first-order valence-electron chi connectivity index (χ1n) is 27.8. The van der Waals surface area contributed by atoms with Crippen LogP contribution in [0.15, 0.2) is 186 Å². The van der Waals surface area contributed by atoms with Crippen molar-refractivity contribution in [2.24, 2.45) is 0 Å². The number of sulfone groups is 1. The molecule has 0 saturated heterocycles. The maximum atomic E-state index is 13.8. The number of nitrogens with zero attached hydrogens (tertiary/aromatic N) is 1. The molecule has 0 aliphatic rings. The number of benzene rings is 6. The molecule has 0 unspecified atom stereocenters. The second kappa shape index (κ2) is 42.1. The second-order valence-corrected chi connectivity index (χ2v) is 23.8. The second-order valence-electron chi connectivity index (χ2n) is 20.8. The van der Waals surface area contributed by atoms with Gasteiger partial charge < -0.3 is 30.3 Å². The molecule has 96 heavy (non-hydrogen) atoms. The molecule has 11 nitrogen and oxygen atoms in total. The van der Waals surface area contributed by atoms with E-state index < -0.39 is 103 Å². The Kier molecular flexibility index (Phi) is 39.4. The Bertz CT molecular complexity index is 3720. The summed E-state index contributed by atoms with van der Waals surface area (Å²) in [5.74, 6) is -0.911. The summed E-state index contributed by atoms with van der Waals surface area (Å²) in [5, 5.41) is 13.9. The van der Waals surface area contributed by atoms with E-state index in [1.807, 2.05) is 42.5 Å². The smallest absolute Gasteiger partial charge is 0.662 e. The van der Waals surface area contributed by atoms with Gasteiger partial charge in [0.2, 0.25) is 0 Å². The minimum atomic E-state index is -4.53. The third-order valence-corrected chi connectivity index (χ3v) is 15.9. The van der Waals surface area contributed by atoms with E-state index in [2.05, 4.69) is 36.4 Å². The van der Waals surface area contributed by atoms with E-state index in [1.54, 1.807) is 79.2 Å². The summed E-state index contributed by atoms with van der Waals surface area (Å²) in [6.07, 6.45) is -13.4. The molecule has 8 aromatic rings. The average molecular weight is 1460 g/mol. The van der Waals surface area contributed by atoms with Crippen LogP contribution in [-0.2, 0) is 31.9 Å². The molecule has 2 heterocycles. The number of rotatable bonds is 18. The van der Waals surface area contributed by atoms with Crippen LogP contribution in [0.5, 0.6) is 0 Å². The van der Waals surface area contributed by atoms with Crippen LogP contribution in [0.3, 0.4) is 0 Å². The van der Waals surface area contributed by atoms with Gasteiger partial charge in [-0.25, -0.2) is 8.42 Å². The van der Waals surface area contributed by atoms with Gasteiger partial charge in [0.15, 0.2) is 9.84 Å². The van der Waals surface area contributed by atoms with Crippen LogP contribution in [0.4, 0.5) is 37.7 Å². The molecule has 0 saturated carbocycles. The Morgan fingerprint density at radius 2 is 0.896 bits per heavy atom. The fraction of sp³-hybridized carbons (Fsp3) is 0.130. The zero-order valence-electron chi connectivity index (χ0n) is 51.4. The van der Waals surface area contributed by atoms with Crippen molar-refractivity contribution in [3.8, 4) is 28.2 Å². The summed E-state index contributed by atoms with van der Waals surface area (Å²) in [7, 11) is 66.3. The van der Waals surface area contributed by atoms with Crippen LogP contribution in [0.1, 0.15) is 57.8 Å². The molecule has 2 amide bonds. The van der Waals surface area contributed by atoms with E-state index in [-0.39, 0.29) is 123 Å². The first-order chi connectivity index (χ1) is 43.6. The Morgan fingerprint density at radius 1 is 0.542 bits per heavy atom. The molecule has 3 N–H and O–H groups in total. The molecule has 0 fully saturated rings. The summed E-state index contributed by atoms with van der Waals surface area (Å²) in [6, 6.07) is 44.0. The molecular weight excluding hydrogens is 1410 g/mol. The number of hydrogen-bond donors (Lipinski definition) is 3. The van der Waals surface area contributed by atoms with E-state index in [1.165, 1.54) is 60.8 Å². The molecule has 0 spiro atoms. The van der Waals surface area contributed by atoms with Gasteiger partial charge in [0.1, 0.15) is 0 Å². The maximum Gasteiger partial charge on any atom is 1.00 e. The van der Waals surface area contributed by atoms with Gasteiger partial charge in [-0.2, -0.15) is 26.3 Å². The van der Waals surface area contributed by atoms with Crippen molar-refractivity contribution >= 4 is 212 Å². The van der Waals surface area contributed by atoms with Crippen molar-refractivity contribution in [1.29, 1.82) is 0 Å². The predicted octanol–water partition coefficient (Wildman–Crippen LogP) is 2.17. The van der Waals surface area contributed by atoms with Crippen molar-refractivity contribution in [3.05, 3.63) is 214 Å². The summed E-state index contributed by atoms with van der Waals surface area (Å²) < 4.78 is 107. The molecule has 2 aromatic heterocycles. The number of aromatic amines is 1. The Hall–Kier alpha value is -4.26. The van der Waals surface area contributed by atoms with E-state index in [9.17, 15) is 44.3 Å². The SMILES string of the molecule is Brc1ccccc1.C.C.Cc1c(C(=O)Nc2ccc(S(C)(=O)=O)cc2)c[nH]c1-c1ccccc1C(F)(F)F.Cc1c(C(=O)Nc2ccccc2)cn(-c2ccccc2)c1-c1ccccc1C(F)(F)F.O=CO[O-].[B]B([B])B(B([B])[B])B(B(B([B])[B])B([B])[B])B(B([B])[B])B([B])[B].[Cs+]. The fourth-order valence-corrected chi connectivity index (χ4v) is 11.0. The average Bonchev–Trinajstić information content (AvgIpc) is 1.64. The molecule has 0 aliphatic heterocycles. The monoisotopic (exact) mass is 1470 g/mol. The normalized spacial score (nSPS) is 10.3. The van der Waals surface area contributed by atoms with Gasteiger partial charge in [0, 0.05) is 214 Å². The quantitative estimate of drug-likeness (QED) is 0.0391. The molecule has 6 aromatic carbocycles. The Morgan fingerprint density at radius 3 is 1.27 bits per heavy atom. The van der Waals surface area contributed by atoms with E-state index >= 15 is 0 Å². The van der Waals surface area contributed by atoms with Gasteiger partial charge >= 0.3 is 81.2 Å². The number of amides is 2. The first-order valence-corrected chi connectivity index (χ1v) is 30.5. The molecule has 0 bridgehead atoms. The number of para-hydroxylation sites is 2. The van der Waals surface area contributed by atoms with Gasteiger partial charge in [-0.3, -0.25) is 14.4 Å². The standard InChI is InChI=1S/C25H19F3N2O.C20H17F3N2O3S.C6H5Br.CH2O3.2CH4.B22.Cs/c1-17-21(24(31)29-18-10-4-2-5-11-18)16-30(19-12-6-3-7-13-19)23(17)20-14-8-9-15-22(20)25(26,27)28;1-12-16(19(26)25-13-7-9-14(10-8-13)29(2,27)28)11-24-18(12)15-5-3-4-6-17(15)20(21,22)23;7-6-4-2-1-3-5-6;2-1-4-3;;;1-13(2)19(14(3)4)22(20(15(5)6)16(7)8)21(17(9)10)18(11)12;/h2-16H,1H3,(H,29,31);3-11,24H,1-2H3,(H,25,26);1-5H;1,3H;2*1H4;;/q;;;;;;;+1/p-1. The molecule has 42 heteroatoms. The van der Waals surface area contributed by atoms with Gasteiger partial charge in [-0.15, -0.1) is 0 Å². The number of alkyl halides is 6. The minimum absolute atomic E-state index is 0. The van der Waals surface area contributed by atoms with Gasteiger partial charge in [0.05, 0.1) is 32.8 Å². The van der Waals surface area contributed by atoms with Crippen LogP contribution >= 0.6 is 15.9 Å². The number of aromatic nitrogens is 2. The number of halogens is 7. The van der Waals surface area contributed by atoms with Crippen molar-refractivity contribution in [3.63, 3.8) is 0 Å². The van der Waals surface area contributed by atoms with Crippen molar-refractivity contribution < 1.29 is 128 Å². The summed E-state index contributed by atoms with van der Waals surface area (Å²) in [4.78, 5) is 39.7. The largest absolute Gasteiger partial charge is 1.00 e.